The van der Waals surface area contributed by atoms with Crippen molar-refractivity contribution in [3.63, 3.8) is 0 Å². The summed E-state index contributed by atoms with van der Waals surface area (Å²) in [5.74, 6) is 0.687. The number of hydrogen-bond acceptors (Lipinski definition) is 2. The van der Waals surface area contributed by atoms with Crippen LogP contribution in [0.2, 0.25) is 0 Å². The molecule has 1 N–H and O–H groups in total. The second-order valence-corrected chi connectivity index (χ2v) is 4.73. The Labute approximate surface area is 119 Å². The molecule has 3 heteroatoms. The minimum atomic E-state index is -0.197. The highest BCUT2D eigenvalue weighted by Gasteiger charge is 2.05. The second-order valence-electron chi connectivity index (χ2n) is 4.73. The Kier molecular flexibility index (Phi) is 5.13. The summed E-state index contributed by atoms with van der Waals surface area (Å²) in [6.07, 6.45) is 0. The summed E-state index contributed by atoms with van der Waals surface area (Å²) in [7, 11) is 0. The van der Waals surface area contributed by atoms with Crippen molar-refractivity contribution >= 4 is 0 Å². The molecule has 106 valence electrons. The molecule has 0 fully saturated rings. The van der Waals surface area contributed by atoms with Crippen LogP contribution in [-0.2, 0) is 6.54 Å². The number of hydrogen-bond donors (Lipinski definition) is 1. The first kappa shape index (κ1) is 14.5. The van der Waals surface area contributed by atoms with Gasteiger partial charge in [-0.15, -0.1) is 0 Å². The Bertz CT molecular complexity index is 539. The van der Waals surface area contributed by atoms with Crippen LogP contribution in [-0.4, -0.2) is 6.61 Å². The molecular weight excluding hydrogens is 253 g/mol. The van der Waals surface area contributed by atoms with Gasteiger partial charge in [0.1, 0.15) is 11.6 Å². The van der Waals surface area contributed by atoms with Gasteiger partial charge in [0.25, 0.3) is 0 Å². The monoisotopic (exact) mass is 273 g/mol. The van der Waals surface area contributed by atoms with E-state index in [4.69, 9.17) is 4.74 Å². The van der Waals surface area contributed by atoms with E-state index < -0.39 is 0 Å². The fourth-order valence-corrected chi connectivity index (χ4v) is 2.03. The van der Waals surface area contributed by atoms with Gasteiger partial charge < -0.3 is 10.1 Å². The van der Waals surface area contributed by atoms with Gasteiger partial charge in [-0.3, -0.25) is 0 Å². The SMILES string of the molecule is CCOc1ccc(CNC(C)c2cccc(F)c2)cc1. The van der Waals surface area contributed by atoms with E-state index in [2.05, 4.69) is 5.32 Å². The molecule has 0 saturated carbocycles. The molecule has 2 rings (SSSR count). The smallest absolute Gasteiger partial charge is 0.123 e. The zero-order valence-corrected chi connectivity index (χ0v) is 11.9. The molecule has 0 spiro atoms. The summed E-state index contributed by atoms with van der Waals surface area (Å²) in [6.45, 7) is 5.41. The third kappa shape index (κ3) is 4.07. The lowest BCUT2D eigenvalue weighted by molar-refractivity contribution is 0.340. The normalized spacial score (nSPS) is 12.2. The van der Waals surface area contributed by atoms with Gasteiger partial charge in [-0.2, -0.15) is 0 Å². The van der Waals surface area contributed by atoms with Crippen LogP contribution in [0.15, 0.2) is 48.5 Å². The molecule has 0 saturated heterocycles. The highest BCUT2D eigenvalue weighted by molar-refractivity contribution is 5.27. The Morgan fingerprint density at radius 2 is 1.90 bits per heavy atom. The lowest BCUT2D eigenvalue weighted by atomic mass is 10.1. The van der Waals surface area contributed by atoms with Crippen LogP contribution in [0.4, 0.5) is 4.39 Å². The quantitative estimate of drug-likeness (QED) is 0.856. The van der Waals surface area contributed by atoms with Crippen LogP contribution < -0.4 is 10.1 Å². The molecule has 0 aliphatic rings. The van der Waals surface area contributed by atoms with E-state index in [9.17, 15) is 4.39 Å². The van der Waals surface area contributed by atoms with E-state index in [0.717, 1.165) is 17.9 Å². The van der Waals surface area contributed by atoms with Gasteiger partial charge in [0.15, 0.2) is 0 Å². The van der Waals surface area contributed by atoms with Crippen molar-refractivity contribution in [3.8, 4) is 5.75 Å². The van der Waals surface area contributed by atoms with E-state index >= 15 is 0 Å². The lowest BCUT2D eigenvalue weighted by Crippen LogP contribution is -2.18. The summed E-state index contributed by atoms with van der Waals surface area (Å²) in [6, 6.07) is 14.8. The maximum Gasteiger partial charge on any atom is 0.123 e. The molecule has 0 aliphatic carbocycles. The number of benzene rings is 2. The van der Waals surface area contributed by atoms with Gasteiger partial charge in [-0.25, -0.2) is 4.39 Å². The molecule has 0 aromatic heterocycles. The predicted molar refractivity (Wildman–Crippen MR) is 79.3 cm³/mol. The molecular formula is C17H20FNO. The minimum absolute atomic E-state index is 0.109. The van der Waals surface area contributed by atoms with E-state index in [-0.39, 0.29) is 11.9 Å². The maximum absolute atomic E-state index is 13.2. The van der Waals surface area contributed by atoms with Crippen molar-refractivity contribution in [1.29, 1.82) is 0 Å². The van der Waals surface area contributed by atoms with Crippen LogP contribution in [0.1, 0.15) is 31.0 Å². The largest absolute Gasteiger partial charge is 0.494 e. The lowest BCUT2D eigenvalue weighted by Gasteiger charge is -2.14. The number of ether oxygens (including phenoxy) is 1. The Morgan fingerprint density at radius 3 is 2.55 bits per heavy atom. The molecule has 1 atom stereocenters. The molecule has 20 heavy (non-hydrogen) atoms. The molecule has 1 unspecified atom stereocenters. The van der Waals surface area contributed by atoms with Gasteiger partial charge in [0, 0.05) is 12.6 Å². The fraction of sp³-hybridized carbons (Fsp3) is 0.294. The summed E-state index contributed by atoms with van der Waals surface area (Å²) >= 11 is 0. The van der Waals surface area contributed by atoms with Gasteiger partial charge in [0.2, 0.25) is 0 Å². The van der Waals surface area contributed by atoms with Gasteiger partial charge >= 0.3 is 0 Å². The molecule has 0 radical (unpaired) electrons. The van der Waals surface area contributed by atoms with Crippen LogP contribution in [0.3, 0.4) is 0 Å². The van der Waals surface area contributed by atoms with E-state index in [1.807, 2.05) is 44.2 Å². The highest BCUT2D eigenvalue weighted by Crippen LogP contribution is 2.16. The number of nitrogens with one attached hydrogen (secondary N) is 1. The van der Waals surface area contributed by atoms with Gasteiger partial charge in [-0.1, -0.05) is 24.3 Å². The third-order valence-corrected chi connectivity index (χ3v) is 3.20. The average molecular weight is 273 g/mol. The average Bonchev–Trinajstić information content (AvgIpc) is 2.46. The second kappa shape index (κ2) is 7.06. The zero-order valence-electron chi connectivity index (χ0n) is 11.9. The first-order valence-electron chi connectivity index (χ1n) is 6.89. The molecule has 0 aliphatic heterocycles. The summed E-state index contributed by atoms with van der Waals surface area (Å²) in [5.41, 5.74) is 2.13. The first-order valence-corrected chi connectivity index (χ1v) is 6.89. The van der Waals surface area contributed by atoms with Crippen LogP contribution in [0.25, 0.3) is 0 Å². The summed E-state index contributed by atoms with van der Waals surface area (Å²) in [4.78, 5) is 0. The van der Waals surface area contributed by atoms with Crippen molar-refractivity contribution in [2.75, 3.05) is 6.61 Å². The Morgan fingerprint density at radius 1 is 1.15 bits per heavy atom. The first-order chi connectivity index (χ1) is 9.69. The van der Waals surface area contributed by atoms with E-state index in [1.54, 1.807) is 12.1 Å². The topological polar surface area (TPSA) is 21.3 Å². The van der Waals surface area contributed by atoms with E-state index in [1.165, 1.54) is 11.6 Å². The van der Waals surface area contributed by atoms with Crippen molar-refractivity contribution in [2.24, 2.45) is 0 Å². The molecule has 2 nitrogen and oxygen atoms in total. The molecule has 0 heterocycles. The predicted octanol–water partition coefficient (Wildman–Crippen LogP) is 4.08. The van der Waals surface area contributed by atoms with Gasteiger partial charge in [-0.05, 0) is 49.2 Å². The summed E-state index contributed by atoms with van der Waals surface area (Å²) < 4.78 is 18.6. The number of halogens is 1. The van der Waals surface area contributed by atoms with E-state index in [0.29, 0.717) is 6.61 Å². The van der Waals surface area contributed by atoms with Crippen LogP contribution in [0.5, 0.6) is 5.75 Å². The minimum Gasteiger partial charge on any atom is -0.494 e. The standard InChI is InChI=1S/C17H20FNO/c1-3-20-17-9-7-14(8-10-17)12-19-13(2)15-5-4-6-16(18)11-15/h4-11,13,19H,3,12H2,1-2H3. The zero-order chi connectivity index (χ0) is 14.4. The molecule has 0 bridgehead atoms. The molecule has 0 amide bonds. The Balaban J connectivity index is 1.91. The summed E-state index contributed by atoms with van der Waals surface area (Å²) in [5, 5.41) is 3.39. The van der Waals surface area contributed by atoms with Crippen LogP contribution in [0, 0.1) is 5.82 Å². The maximum atomic E-state index is 13.2. The molecule has 2 aromatic rings. The highest BCUT2D eigenvalue weighted by atomic mass is 19.1. The third-order valence-electron chi connectivity index (χ3n) is 3.20. The van der Waals surface area contributed by atoms with Gasteiger partial charge in [0.05, 0.1) is 6.61 Å². The van der Waals surface area contributed by atoms with Crippen molar-refractivity contribution in [1.82, 2.24) is 5.32 Å². The van der Waals surface area contributed by atoms with Crippen molar-refractivity contribution < 1.29 is 9.13 Å². The number of rotatable bonds is 6. The fourth-order valence-electron chi connectivity index (χ4n) is 2.03. The van der Waals surface area contributed by atoms with Crippen LogP contribution >= 0.6 is 0 Å². The van der Waals surface area contributed by atoms with Crippen molar-refractivity contribution in [2.45, 2.75) is 26.4 Å². The Hall–Kier alpha value is -1.87. The van der Waals surface area contributed by atoms with Crippen molar-refractivity contribution in [3.05, 3.63) is 65.5 Å². The molecule has 2 aromatic carbocycles.